The van der Waals surface area contributed by atoms with Gasteiger partial charge in [-0.15, -0.1) is 0 Å². The molecule has 0 radical (unpaired) electrons. The average molecular weight is 322 g/mol. The highest BCUT2D eigenvalue weighted by Crippen LogP contribution is 2.51. The predicted molar refractivity (Wildman–Crippen MR) is 76.8 cm³/mol. The van der Waals surface area contributed by atoms with Crippen molar-refractivity contribution >= 4 is 15.2 Å². The van der Waals surface area contributed by atoms with Crippen molar-refractivity contribution in [3.8, 4) is 0 Å². The van der Waals surface area contributed by atoms with E-state index in [0.29, 0.717) is 18.8 Å². The lowest BCUT2D eigenvalue weighted by molar-refractivity contribution is 0.219. The van der Waals surface area contributed by atoms with Crippen LogP contribution in [0, 0.1) is 0 Å². The fourth-order valence-corrected chi connectivity index (χ4v) is 4.12. The van der Waals surface area contributed by atoms with Crippen LogP contribution in [0.15, 0.2) is 24.3 Å². The summed E-state index contributed by atoms with van der Waals surface area (Å²) >= 11 is 0. The van der Waals surface area contributed by atoms with Crippen molar-refractivity contribution < 1.29 is 28.0 Å². The Morgan fingerprint density at radius 3 is 1.65 bits per heavy atom. The first-order valence-electron chi connectivity index (χ1n) is 6.28. The molecule has 1 aromatic rings. The third-order valence-corrected chi connectivity index (χ3v) is 5.27. The van der Waals surface area contributed by atoms with Crippen LogP contribution < -0.4 is 0 Å². The quantitative estimate of drug-likeness (QED) is 0.714. The summed E-state index contributed by atoms with van der Waals surface area (Å²) in [6.07, 6.45) is -0.160. The summed E-state index contributed by atoms with van der Waals surface area (Å²) in [5.41, 5.74) is 1.27. The minimum absolute atomic E-state index is 0.144. The molecule has 20 heavy (non-hydrogen) atoms. The summed E-state index contributed by atoms with van der Waals surface area (Å²) in [5, 5.41) is 0. The largest absolute Gasteiger partial charge is 0.335 e. The fourth-order valence-electron chi connectivity index (χ4n) is 1.73. The monoisotopic (exact) mass is 322 g/mol. The molecule has 114 valence electrons. The standard InChI is InChI=1S/C12H20O6P2/c1-3-17-20(16,18-4-2)10-12-7-5-11(6-8-12)9-19(13,14)15/h5-8H,3-4,9-10H2,1-2H3,(H2,13,14,15). The van der Waals surface area contributed by atoms with E-state index in [4.69, 9.17) is 18.8 Å². The normalized spacial score (nSPS) is 12.6. The molecule has 0 spiro atoms. The fraction of sp³-hybridized carbons (Fsp3) is 0.500. The first-order valence-corrected chi connectivity index (χ1v) is 9.81. The lowest BCUT2D eigenvalue weighted by Gasteiger charge is -2.17. The number of rotatable bonds is 8. The maximum absolute atomic E-state index is 12.3. The summed E-state index contributed by atoms with van der Waals surface area (Å²) < 4.78 is 33.6. The van der Waals surface area contributed by atoms with Crippen molar-refractivity contribution in [1.29, 1.82) is 0 Å². The molecular weight excluding hydrogens is 302 g/mol. The summed E-state index contributed by atoms with van der Waals surface area (Å²) in [6.45, 7) is 4.09. The molecule has 0 amide bonds. The van der Waals surface area contributed by atoms with Crippen LogP contribution in [-0.2, 0) is 30.5 Å². The second-order valence-corrected chi connectivity index (χ2v) is 7.94. The van der Waals surface area contributed by atoms with Crippen LogP contribution >= 0.6 is 15.2 Å². The van der Waals surface area contributed by atoms with E-state index >= 15 is 0 Å². The molecule has 0 aromatic heterocycles. The van der Waals surface area contributed by atoms with Gasteiger partial charge in [0, 0.05) is 0 Å². The van der Waals surface area contributed by atoms with Crippen molar-refractivity contribution in [1.82, 2.24) is 0 Å². The van der Waals surface area contributed by atoms with Crippen molar-refractivity contribution in [2.24, 2.45) is 0 Å². The molecule has 0 unspecified atom stereocenters. The van der Waals surface area contributed by atoms with Crippen LogP contribution in [-0.4, -0.2) is 23.0 Å². The molecule has 0 aliphatic heterocycles. The Hall–Kier alpha value is -0.480. The third kappa shape index (κ3) is 6.31. The molecule has 0 fully saturated rings. The first-order chi connectivity index (χ1) is 9.28. The Labute approximate surface area is 118 Å². The number of benzene rings is 1. The van der Waals surface area contributed by atoms with Crippen LogP contribution in [0.2, 0.25) is 0 Å². The molecule has 0 aliphatic carbocycles. The molecule has 1 aromatic carbocycles. The smallest absolute Gasteiger partial charge is 0.324 e. The van der Waals surface area contributed by atoms with E-state index in [1.807, 2.05) is 0 Å². The van der Waals surface area contributed by atoms with Gasteiger partial charge >= 0.3 is 15.2 Å². The number of hydrogen-bond acceptors (Lipinski definition) is 4. The molecule has 2 N–H and O–H groups in total. The lowest BCUT2D eigenvalue weighted by atomic mass is 10.2. The van der Waals surface area contributed by atoms with Crippen molar-refractivity contribution in [2.75, 3.05) is 13.2 Å². The lowest BCUT2D eigenvalue weighted by Crippen LogP contribution is -1.99. The van der Waals surface area contributed by atoms with E-state index < -0.39 is 15.2 Å². The zero-order valence-corrected chi connectivity index (χ0v) is 13.3. The topological polar surface area (TPSA) is 93.1 Å². The molecule has 1 rings (SSSR count). The van der Waals surface area contributed by atoms with Gasteiger partial charge in [-0.3, -0.25) is 9.13 Å². The van der Waals surface area contributed by atoms with Crippen molar-refractivity contribution in [2.45, 2.75) is 26.2 Å². The zero-order chi connectivity index (χ0) is 15.2. The highest BCUT2D eigenvalue weighted by molar-refractivity contribution is 7.53. The van der Waals surface area contributed by atoms with Crippen LogP contribution in [0.1, 0.15) is 25.0 Å². The van der Waals surface area contributed by atoms with Crippen LogP contribution in [0.3, 0.4) is 0 Å². The zero-order valence-electron chi connectivity index (χ0n) is 11.6. The summed E-state index contributed by atoms with van der Waals surface area (Å²) in [4.78, 5) is 17.8. The Morgan fingerprint density at radius 1 is 0.900 bits per heavy atom. The van der Waals surface area contributed by atoms with E-state index in [1.165, 1.54) is 0 Å². The van der Waals surface area contributed by atoms with Gasteiger partial charge < -0.3 is 18.8 Å². The van der Waals surface area contributed by atoms with Gasteiger partial charge in [0.25, 0.3) is 0 Å². The van der Waals surface area contributed by atoms with E-state index in [0.717, 1.165) is 5.56 Å². The third-order valence-electron chi connectivity index (χ3n) is 2.44. The summed E-state index contributed by atoms with van der Waals surface area (Å²) in [7, 11) is -7.22. The van der Waals surface area contributed by atoms with Gasteiger partial charge in [0.15, 0.2) is 0 Å². The molecule has 0 atom stereocenters. The van der Waals surface area contributed by atoms with E-state index in [-0.39, 0.29) is 12.3 Å². The van der Waals surface area contributed by atoms with Crippen LogP contribution in [0.25, 0.3) is 0 Å². The Balaban J connectivity index is 2.78. The van der Waals surface area contributed by atoms with Gasteiger partial charge in [0.1, 0.15) is 0 Å². The molecule has 0 heterocycles. The van der Waals surface area contributed by atoms with E-state index in [2.05, 4.69) is 0 Å². The van der Waals surface area contributed by atoms with Gasteiger partial charge in [-0.1, -0.05) is 24.3 Å². The van der Waals surface area contributed by atoms with E-state index in [9.17, 15) is 9.13 Å². The maximum atomic E-state index is 12.3. The van der Waals surface area contributed by atoms with Crippen molar-refractivity contribution in [3.63, 3.8) is 0 Å². The first kappa shape index (κ1) is 17.6. The van der Waals surface area contributed by atoms with Gasteiger partial charge in [-0.2, -0.15) is 0 Å². The summed E-state index contributed by atoms with van der Waals surface area (Å²) in [5.74, 6) is 0. The molecule has 0 bridgehead atoms. The molecular formula is C12H20O6P2. The average Bonchev–Trinajstić information content (AvgIpc) is 2.30. The SMILES string of the molecule is CCOP(=O)(Cc1ccc(CP(=O)(O)O)cc1)OCC. The minimum Gasteiger partial charge on any atom is -0.324 e. The maximum Gasteiger partial charge on any atom is 0.335 e. The molecule has 8 heteroatoms. The number of hydrogen-bond donors (Lipinski definition) is 2. The molecule has 0 saturated carbocycles. The van der Waals surface area contributed by atoms with Crippen LogP contribution in [0.4, 0.5) is 0 Å². The van der Waals surface area contributed by atoms with Gasteiger partial charge in [-0.05, 0) is 25.0 Å². The minimum atomic E-state index is -4.07. The molecule has 0 aliphatic rings. The van der Waals surface area contributed by atoms with Gasteiger partial charge in [0.2, 0.25) is 0 Å². The highest BCUT2D eigenvalue weighted by Gasteiger charge is 2.24. The van der Waals surface area contributed by atoms with Gasteiger partial charge in [-0.25, -0.2) is 0 Å². The van der Waals surface area contributed by atoms with E-state index in [1.54, 1.807) is 38.1 Å². The van der Waals surface area contributed by atoms with Crippen molar-refractivity contribution in [3.05, 3.63) is 35.4 Å². The molecule has 6 nitrogen and oxygen atoms in total. The Kier molecular flexibility index (Phi) is 6.59. The second kappa shape index (κ2) is 7.51. The highest BCUT2D eigenvalue weighted by atomic mass is 31.2. The Morgan fingerprint density at radius 2 is 1.30 bits per heavy atom. The molecule has 0 saturated heterocycles. The van der Waals surface area contributed by atoms with Crippen LogP contribution in [0.5, 0.6) is 0 Å². The van der Waals surface area contributed by atoms with Gasteiger partial charge in [0.05, 0.1) is 25.5 Å². The summed E-state index contributed by atoms with van der Waals surface area (Å²) in [6, 6.07) is 6.57. The predicted octanol–water partition coefficient (Wildman–Crippen LogP) is 3.13. The Bertz CT molecular complexity index is 497. The second-order valence-electron chi connectivity index (χ2n) is 4.24.